The molecule has 18 heavy (non-hydrogen) atoms. The number of nitrogens with one attached hydrogen (secondary N) is 1. The number of non-ortho nitro benzene ring substituents is 1. The molecule has 0 unspecified atom stereocenters. The van der Waals surface area contributed by atoms with Crippen molar-refractivity contribution in [2.24, 2.45) is 5.10 Å². The first-order chi connectivity index (χ1) is 8.54. The van der Waals surface area contributed by atoms with E-state index in [0.717, 1.165) is 0 Å². The molecule has 0 atom stereocenters. The van der Waals surface area contributed by atoms with Crippen LogP contribution in [0, 0.1) is 21.4 Å². The fourth-order valence-electron chi connectivity index (χ4n) is 1.03. The Balaban J connectivity index is 2.81. The second kappa shape index (κ2) is 6.32. The summed E-state index contributed by atoms with van der Waals surface area (Å²) in [5.41, 5.74) is 2.25. The molecule has 1 N–H and O–H groups in total. The minimum absolute atomic E-state index is 0.135. The molecule has 0 aliphatic heterocycles. The Kier molecular flexibility index (Phi) is 4.78. The minimum atomic E-state index is -0.574. The largest absolute Gasteiger partial charge is 0.272 e. The Bertz CT molecular complexity index is 551. The Morgan fingerprint density at radius 1 is 1.67 bits per heavy atom. The van der Waals surface area contributed by atoms with Crippen LogP contribution in [-0.2, 0) is 4.79 Å². The fraction of sp³-hybridized carbons (Fsp3) is 0.100. The van der Waals surface area contributed by atoms with E-state index in [9.17, 15) is 14.9 Å². The van der Waals surface area contributed by atoms with Gasteiger partial charge in [-0.25, -0.2) is 5.43 Å². The maximum atomic E-state index is 10.9. The lowest BCUT2D eigenvalue weighted by Gasteiger charge is -1.98. The summed E-state index contributed by atoms with van der Waals surface area (Å²) in [6.07, 6.45) is 0.852. The van der Waals surface area contributed by atoms with Crippen LogP contribution in [0.15, 0.2) is 23.3 Å². The van der Waals surface area contributed by atoms with E-state index >= 15 is 0 Å². The highest BCUT2D eigenvalue weighted by molar-refractivity contribution is 6.33. The molecule has 0 saturated carbocycles. The van der Waals surface area contributed by atoms with Crippen molar-refractivity contribution >= 4 is 29.4 Å². The third-order valence-corrected chi connectivity index (χ3v) is 2.17. The smallest absolute Gasteiger partial charge is 0.270 e. The van der Waals surface area contributed by atoms with Gasteiger partial charge in [-0.2, -0.15) is 10.4 Å². The third kappa shape index (κ3) is 3.84. The second-order valence-corrected chi connectivity index (χ2v) is 3.50. The highest BCUT2D eigenvalue weighted by atomic mass is 35.5. The van der Waals surface area contributed by atoms with Crippen LogP contribution < -0.4 is 5.43 Å². The van der Waals surface area contributed by atoms with Gasteiger partial charge in [0.1, 0.15) is 6.42 Å². The van der Waals surface area contributed by atoms with Gasteiger partial charge in [0, 0.05) is 22.7 Å². The lowest BCUT2D eigenvalue weighted by molar-refractivity contribution is -0.384. The molecule has 0 radical (unpaired) electrons. The minimum Gasteiger partial charge on any atom is -0.272 e. The number of nitriles is 1. The van der Waals surface area contributed by atoms with Crippen molar-refractivity contribution in [1.29, 1.82) is 5.26 Å². The van der Waals surface area contributed by atoms with Crippen LogP contribution in [0.3, 0.4) is 0 Å². The summed E-state index contributed by atoms with van der Waals surface area (Å²) < 4.78 is 0. The molecule has 7 nitrogen and oxygen atoms in total. The molecule has 0 aliphatic carbocycles. The highest BCUT2D eigenvalue weighted by Crippen LogP contribution is 2.20. The molecule has 0 heterocycles. The summed E-state index contributed by atoms with van der Waals surface area (Å²) in [6.45, 7) is 0. The Hall–Kier alpha value is -2.46. The van der Waals surface area contributed by atoms with Crippen LogP contribution in [0.25, 0.3) is 0 Å². The van der Waals surface area contributed by atoms with Crippen LogP contribution >= 0.6 is 11.6 Å². The van der Waals surface area contributed by atoms with E-state index in [-0.39, 0.29) is 17.1 Å². The van der Waals surface area contributed by atoms with Crippen LogP contribution in [0.5, 0.6) is 0 Å². The van der Waals surface area contributed by atoms with Crippen molar-refractivity contribution in [1.82, 2.24) is 5.43 Å². The van der Waals surface area contributed by atoms with Gasteiger partial charge >= 0.3 is 0 Å². The molecular weight excluding hydrogens is 260 g/mol. The van der Waals surface area contributed by atoms with Crippen LogP contribution in [-0.4, -0.2) is 17.0 Å². The number of rotatable bonds is 4. The van der Waals surface area contributed by atoms with E-state index < -0.39 is 10.8 Å². The molecule has 8 heteroatoms. The van der Waals surface area contributed by atoms with Gasteiger partial charge < -0.3 is 0 Å². The Morgan fingerprint density at radius 2 is 2.39 bits per heavy atom. The summed E-state index contributed by atoms with van der Waals surface area (Å²) in [5, 5.41) is 22.6. The number of benzene rings is 1. The Morgan fingerprint density at radius 3 is 3.00 bits per heavy atom. The summed E-state index contributed by atoms with van der Waals surface area (Å²) in [6, 6.07) is 5.49. The Labute approximate surface area is 107 Å². The molecule has 92 valence electrons. The van der Waals surface area contributed by atoms with Gasteiger partial charge in [-0.05, 0) is 6.07 Å². The van der Waals surface area contributed by atoms with E-state index in [2.05, 4.69) is 10.5 Å². The average molecular weight is 267 g/mol. The zero-order valence-electron chi connectivity index (χ0n) is 8.96. The van der Waals surface area contributed by atoms with Crippen LogP contribution in [0.4, 0.5) is 5.69 Å². The summed E-state index contributed by atoms with van der Waals surface area (Å²) in [5.74, 6) is -0.574. The molecule has 0 aliphatic rings. The second-order valence-electron chi connectivity index (χ2n) is 3.09. The lowest BCUT2D eigenvalue weighted by Crippen LogP contribution is -2.16. The van der Waals surface area contributed by atoms with Crippen molar-refractivity contribution in [3.05, 3.63) is 38.9 Å². The zero-order valence-corrected chi connectivity index (χ0v) is 9.72. The number of carbonyl (C=O) groups is 1. The fourth-order valence-corrected chi connectivity index (χ4v) is 1.20. The first kappa shape index (κ1) is 13.6. The number of hydrazone groups is 1. The van der Waals surface area contributed by atoms with Gasteiger partial charge in [0.15, 0.2) is 0 Å². The molecule has 0 spiro atoms. The van der Waals surface area contributed by atoms with Gasteiger partial charge in [-0.15, -0.1) is 0 Å². The maximum absolute atomic E-state index is 10.9. The highest BCUT2D eigenvalue weighted by Gasteiger charge is 2.08. The number of nitro groups is 1. The van der Waals surface area contributed by atoms with Crippen molar-refractivity contribution in [3.8, 4) is 6.07 Å². The van der Waals surface area contributed by atoms with Crippen molar-refractivity contribution in [2.45, 2.75) is 6.42 Å². The summed E-state index contributed by atoms with van der Waals surface area (Å²) >= 11 is 5.80. The van der Waals surface area contributed by atoms with Gasteiger partial charge in [-0.1, -0.05) is 11.6 Å². The quantitative estimate of drug-likeness (QED) is 0.507. The molecular formula is C10H7ClN4O3. The standard InChI is InChI=1S/C10H7ClN4O3/c11-9-2-1-8(15(17)18)5-7(9)6-13-14-10(16)3-4-12/h1-2,5-6H,3H2,(H,14,16). The van der Waals surface area contributed by atoms with Gasteiger partial charge in [0.25, 0.3) is 11.6 Å². The molecule has 1 rings (SSSR count). The van der Waals surface area contributed by atoms with E-state index in [4.69, 9.17) is 16.9 Å². The monoisotopic (exact) mass is 266 g/mol. The zero-order chi connectivity index (χ0) is 13.5. The van der Waals surface area contributed by atoms with Crippen LogP contribution in [0.1, 0.15) is 12.0 Å². The van der Waals surface area contributed by atoms with Gasteiger partial charge in [0.2, 0.25) is 0 Å². The number of hydrogen-bond acceptors (Lipinski definition) is 5. The number of carbonyl (C=O) groups excluding carboxylic acids is 1. The van der Waals surface area contributed by atoms with Crippen molar-refractivity contribution in [2.75, 3.05) is 0 Å². The van der Waals surface area contributed by atoms with Gasteiger partial charge in [-0.3, -0.25) is 14.9 Å². The molecule has 1 aromatic carbocycles. The summed E-state index contributed by atoms with van der Waals surface area (Å²) in [7, 11) is 0. The molecule has 0 fully saturated rings. The van der Waals surface area contributed by atoms with E-state index in [0.29, 0.717) is 5.56 Å². The topological polar surface area (TPSA) is 108 Å². The maximum Gasteiger partial charge on any atom is 0.270 e. The molecule has 0 aromatic heterocycles. The molecule has 1 amide bonds. The van der Waals surface area contributed by atoms with Crippen LogP contribution in [0.2, 0.25) is 5.02 Å². The number of nitro benzene ring substituents is 1. The van der Waals surface area contributed by atoms with E-state index in [1.165, 1.54) is 24.4 Å². The number of amides is 1. The third-order valence-electron chi connectivity index (χ3n) is 1.82. The molecule has 0 bridgehead atoms. The predicted octanol–water partition coefficient (Wildman–Crippen LogP) is 1.61. The normalized spacial score (nSPS) is 10.0. The SMILES string of the molecule is N#CCC(=O)NN=Cc1cc([N+](=O)[O-])ccc1Cl. The van der Waals surface area contributed by atoms with Gasteiger partial charge in [0.05, 0.1) is 17.2 Å². The molecule has 0 saturated heterocycles. The number of hydrogen-bond donors (Lipinski definition) is 1. The van der Waals surface area contributed by atoms with E-state index in [1.54, 1.807) is 6.07 Å². The van der Waals surface area contributed by atoms with Crippen molar-refractivity contribution < 1.29 is 9.72 Å². The first-order valence-electron chi connectivity index (χ1n) is 4.67. The van der Waals surface area contributed by atoms with E-state index in [1.807, 2.05) is 0 Å². The average Bonchev–Trinajstić information content (AvgIpc) is 2.31. The molecule has 1 aromatic rings. The summed E-state index contributed by atoms with van der Waals surface area (Å²) in [4.78, 5) is 20.9. The number of halogens is 1. The first-order valence-corrected chi connectivity index (χ1v) is 5.05. The van der Waals surface area contributed by atoms with Crippen molar-refractivity contribution in [3.63, 3.8) is 0 Å². The predicted molar refractivity (Wildman–Crippen MR) is 64.1 cm³/mol. The number of nitrogens with zero attached hydrogens (tertiary/aromatic N) is 3. The lowest BCUT2D eigenvalue weighted by atomic mass is 10.2.